The highest BCUT2D eigenvalue weighted by Crippen LogP contribution is 2.20. The van der Waals surface area contributed by atoms with Crippen molar-refractivity contribution in [3.8, 4) is 0 Å². The normalized spacial score (nSPS) is 13.9. The zero-order valence-electron chi connectivity index (χ0n) is 10.9. The Bertz CT molecular complexity index is 129. The molecule has 0 bridgehead atoms. The van der Waals surface area contributed by atoms with Crippen LogP contribution in [0.15, 0.2) is 0 Å². The molecule has 0 heterocycles. The molecule has 0 aromatic heterocycles. The highest BCUT2D eigenvalue weighted by atomic mass is 16.1. The summed E-state index contributed by atoms with van der Waals surface area (Å²) in [5, 5.41) is 0. The fourth-order valence-electron chi connectivity index (χ4n) is 1.48. The molecule has 14 heavy (non-hydrogen) atoms. The van der Waals surface area contributed by atoms with Crippen LogP contribution in [0.25, 0.3) is 0 Å². The van der Waals surface area contributed by atoms with Gasteiger partial charge >= 0.3 is 0 Å². The van der Waals surface area contributed by atoms with Crippen LogP contribution in [0.3, 0.4) is 0 Å². The number of rotatable bonds is 5. The van der Waals surface area contributed by atoms with Crippen LogP contribution in [0, 0.1) is 11.8 Å². The first-order valence-corrected chi connectivity index (χ1v) is 6.05. The average molecular weight is 200 g/mol. The van der Waals surface area contributed by atoms with Gasteiger partial charge in [0, 0.05) is 5.92 Å². The van der Waals surface area contributed by atoms with Crippen molar-refractivity contribution in [3.05, 3.63) is 0 Å². The molecule has 0 saturated carbocycles. The molecule has 86 valence electrons. The van der Waals surface area contributed by atoms with Crippen molar-refractivity contribution in [2.45, 2.75) is 67.2 Å². The minimum absolute atomic E-state index is 0.310. The largest absolute Gasteiger partial charge is 0.300 e. The molecular weight excluding hydrogens is 172 g/mol. The number of hydrogen-bond donors (Lipinski definition) is 0. The van der Waals surface area contributed by atoms with Crippen molar-refractivity contribution in [3.63, 3.8) is 0 Å². The van der Waals surface area contributed by atoms with Crippen LogP contribution in [0.5, 0.6) is 0 Å². The van der Waals surface area contributed by atoms with Gasteiger partial charge in [-0.05, 0) is 19.3 Å². The van der Waals surface area contributed by atoms with Gasteiger partial charge in [-0.15, -0.1) is 0 Å². The number of carbonyl (C=O) groups excluding carboxylic acids is 1. The monoisotopic (exact) mass is 200 g/mol. The summed E-state index contributed by atoms with van der Waals surface area (Å²) in [4.78, 5) is 11.1. The van der Waals surface area contributed by atoms with E-state index in [1.54, 1.807) is 6.92 Å². The molecule has 0 saturated heterocycles. The first kappa shape index (κ1) is 16.1. The van der Waals surface area contributed by atoms with Crippen LogP contribution in [-0.2, 0) is 4.79 Å². The van der Waals surface area contributed by atoms with E-state index < -0.39 is 0 Å². The topological polar surface area (TPSA) is 17.1 Å². The van der Waals surface area contributed by atoms with E-state index in [-0.39, 0.29) is 0 Å². The van der Waals surface area contributed by atoms with Crippen LogP contribution in [0.1, 0.15) is 67.2 Å². The van der Waals surface area contributed by atoms with Crippen LogP contribution in [-0.4, -0.2) is 5.78 Å². The average Bonchev–Trinajstić information content (AvgIpc) is 2.14. The van der Waals surface area contributed by atoms with E-state index in [1.165, 1.54) is 6.42 Å². The van der Waals surface area contributed by atoms with Gasteiger partial charge in [0.1, 0.15) is 5.78 Å². The summed E-state index contributed by atoms with van der Waals surface area (Å²) >= 11 is 0. The summed E-state index contributed by atoms with van der Waals surface area (Å²) in [5.74, 6) is 1.23. The third kappa shape index (κ3) is 8.28. The van der Waals surface area contributed by atoms with Gasteiger partial charge in [0.15, 0.2) is 0 Å². The van der Waals surface area contributed by atoms with E-state index in [2.05, 4.69) is 34.6 Å². The van der Waals surface area contributed by atoms with Gasteiger partial charge in [-0.3, -0.25) is 4.79 Å². The second-order valence-electron chi connectivity index (χ2n) is 4.10. The third-order valence-electron chi connectivity index (χ3n) is 2.45. The molecule has 0 aliphatic rings. The van der Waals surface area contributed by atoms with E-state index in [0.29, 0.717) is 17.6 Å². The van der Waals surface area contributed by atoms with Crippen molar-refractivity contribution in [1.29, 1.82) is 0 Å². The van der Waals surface area contributed by atoms with E-state index in [9.17, 15) is 4.79 Å². The van der Waals surface area contributed by atoms with Gasteiger partial charge in [0.05, 0.1) is 0 Å². The van der Waals surface area contributed by atoms with Gasteiger partial charge in [-0.2, -0.15) is 0 Å². The quantitative estimate of drug-likeness (QED) is 0.640. The molecule has 0 amide bonds. The fourth-order valence-corrected chi connectivity index (χ4v) is 1.48. The molecule has 0 N–H and O–H groups in total. The summed E-state index contributed by atoms with van der Waals surface area (Å²) in [7, 11) is 0. The Hall–Kier alpha value is -0.330. The highest BCUT2D eigenvalue weighted by molar-refractivity contribution is 5.78. The third-order valence-corrected chi connectivity index (χ3v) is 2.45. The Balaban J connectivity index is 0. The Morgan fingerprint density at radius 3 is 1.79 bits per heavy atom. The van der Waals surface area contributed by atoms with Crippen LogP contribution < -0.4 is 0 Å². The maximum atomic E-state index is 11.1. The smallest absolute Gasteiger partial charge is 0.133 e. The molecule has 0 aromatic carbocycles. The molecule has 1 nitrogen and oxygen atoms in total. The van der Waals surface area contributed by atoms with Crippen molar-refractivity contribution >= 4 is 5.78 Å². The molecule has 0 aliphatic heterocycles. The van der Waals surface area contributed by atoms with Crippen molar-refractivity contribution in [1.82, 2.24) is 0 Å². The standard InChI is InChI=1S/C10H20O.C3H8/c1-5-7-10(9(4)11)8(3)6-2;1-3-2/h8,10H,5-7H2,1-4H3;3H2,1-2H3. The zero-order valence-corrected chi connectivity index (χ0v) is 10.9. The van der Waals surface area contributed by atoms with Crippen molar-refractivity contribution in [2.75, 3.05) is 0 Å². The maximum Gasteiger partial charge on any atom is 0.133 e. The van der Waals surface area contributed by atoms with Gasteiger partial charge < -0.3 is 0 Å². The van der Waals surface area contributed by atoms with Gasteiger partial charge in [-0.1, -0.05) is 53.9 Å². The molecule has 0 aliphatic carbocycles. The number of ketones is 1. The maximum absolute atomic E-state index is 11.1. The lowest BCUT2D eigenvalue weighted by Gasteiger charge is -2.18. The summed E-state index contributed by atoms with van der Waals surface area (Å²) in [6.45, 7) is 12.4. The predicted octanol–water partition coefficient (Wildman–Crippen LogP) is 4.45. The summed E-state index contributed by atoms with van der Waals surface area (Å²) in [5.41, 5.74) is 0. The van der Waals surface area contributed by atoms with Gasteiger partial charge in [0.25, 0.3) is 0 Å². The SMILES string of the molecule is CCC.CCCC(C(C)=O)C(C)CC. The van der Waals surface area contributed by atoms with Crippen LogP contribution >= 0.6 is 0 Å². The lowest BCUT2D eigenvalue weighted by Crippen LogP contribution is -2.18. The molecule has 1 heteroatoms. The second-order valence-corrected chi connectivity index (χ2v) is 4.10. The minimum atomic E-state index is 0.310. The van der Waals surface area contributed by atoms with Gasteiger partial charge in [-0.25, -0.2) is 0 Å². The molecule has 0 fully saturated rings. The molecule has 0 aromatic rings. The zero-order chi connectivity index (χ0) is 11.6. The van der Waals surface area contributed by atoms with E-state index >= 15 is 0 Å². The van der Waals surface area contributed by atoms with E-state index in [4.69, 9.17) is 0 Å². The fraction of sp³-hybridized carbons (Fsp3) is 0.923. The molecule has 0 rings (SSSR count). The summed E-state index contributed by atoms with van der Waals surface area (Å²) in [6, 6.07) is 0. The highest BCUT2D eigenvalue weighted by Gasteiger charge is 2.18. The van der Waals surface area contributed by atoms with E-state index in [0.717, 1.165) is 19.3 Å². The first-order chi connectivity index (χ1) is 6.54. The lowest BCUT2D eigenvalue weighted by atomic mass is 9.85. The first-order valence-electron chi connectivity index (χ1n) is 6.05. The summed E-state index contributed by atoms with van der Waals surface area (Å²) in [6.07, 6.45) is 4.54. The molecule has 0 radical (unpaired) electrons. The van der Waals surface area contributed by atoms with Crippen molar-refractivity contribution < 1.29 is 4.79 Å². The number of Topliss-reactive ketones (excluding diaryl/α,β-unsaturated/α-hetero) is 1. The van der Waals surface area contributed by atoms with E-state index in [1.807, 2.05) is 0 Å². The lowest BCUT2D eigenvalue weighted by molar-refractivity contribution is -0.122. The number of hydrogen-bond acceptors (Lipinski definition) is 1. The Kier molecular flexibility index (Phi) is 12.4. The summed E-state index contributed by atoms with van der Waals surface area (Å²) < 4.78 is 0. The van der Waals surface area contributed by atoms with Crippen LogP contribution in [0.2, 0.25) is 0 Å². The predicted molar refractivity (Wildman–Crippen MR) is 64.5 cm³/mol. The second kappa shape index (κ2) is 10.7. The van der Waals surface area contributed by atoms with Crippen molar-refractivity contribution in [2.24, 2.45) is 11.8 Å². The number of carbonyl (C=O) groups is 1. The molecule has 0 spiro atoms. The van der Waals surface area contributed by atoms with Crippen LogP contribution in [0.4, 0.5) is 0 Å². The molecule has 2 unspecified atom stereocenters. The Morgan fingerprint density at radius 1 is 1.14 bits per heavy atom. The van der Waals surface area contributed by atoms with Gasteiger partial charge in [0.2, 0.25) is 0 Å². The Morgan fingerprint density at radius 2 is 1.57 bits per heavy atom. The Labute approximate surface area is 90.3 Å². The minimum Gasteiger partial charge on any atom is -0.300 e. The molecular formula is C13H28O. The molecule has 2 atom stereocenters.